The fourth-order valence-electron chi connectivity index (χ4n) is 1.68. The standard InChI is InChI=1S/C13H14Cl2N2O/c1-2-5-16-7-9-8-17-18-13(9)11-4-3-10(14)6-12(11)15/h3-4,6,8,16H,2,5,7H2,1H3. The maximum Gasteiger partial charge on any atom is 0.172 e. The summed E-state index contributed by atoms with van der Waals surface area (Å²) in [6.45, 7) is 3.79. The Labute approximate surface area is 116 Å². The third kappa shape index (κ3) is 3.05. The van der Waals surface area contributed by atoms with E-state index in [-0.39, 0.29) is 0 Å². The molecular formula is C13H14Cl2N2O. The fourth-order valence-corrected chi connectivity index (χ4v) is 2.18. The van der Waals surface area contributed by atoms with E-state index >= 15 is 0 Å². The summed E-state index contributed by atoms with van der Waals surface area (Å²) in [6.07, 6.45) is 2.80. The molecule has 1 heterocycles. The van der Waals surface area contributed by atoms with Gasteiger partial charge in [-0.15, -0.1) is 0 Å². The minimum Gasteiger partial charge on any atom is -0.356 e. The third-order valence-corrected chi connectivity index (χ3v) is 3.11. The molecule has 2 aromatic rings. The smallest absolute Gasteiger partial charge is 0.172 e. The van der Waals surface area contributed by atoms with Crippen molar-refractivity contribution < 1.29 is 4.52 Å². The third-order valence-electron chi connectivity index (χ3n) is 2.56. The Morgan fingerprint density at radius 3 is 2.89 bits per heavy atom. The molecule has 1 aromatic carbocycles. The molecule has 3 nitrogen and oxygen atoms in total. The number of rotatable bonds is 5. The van der Waals surface area contributed by atoms with Gasteiger partial charge in [0.05, 0.1) is 11.2 Å². The van der Waals surface area contributed by atoms with Crippen molar-refractivity contribution in [2.75, 3.05) is 6.54 Å². The highest BCUT2D eigenvalue weighted by molar-refractivity contribution is 6.36. The highest BCUT2D eigenvalue weighted by Crippen LogP contribution is 2.32. The molecule has 0 atom stereocenters. The lowest BCUT2D eigenvalue weighted by Crippen LogP contribution is -2.13. The van der Waals surface area contributed by atoms with Gasteiger partial charge in [0.15, 0.2) is 5.76 Å². The van der Waals surface area contributed by atoms with Gasteiger partial charge < -0.3 is 9.84 Å². The summed E-state index contributed by atoms with van der Waals surface area (Å²) in [6, 6.07) is 5.33. The molecule has 1 N–H and O–H groups in total. The van der Waals surface area contributed by atoms with Crippen molar-refractivity contribution in [1.29, 1.82) is 0 Å². The second-order valence-electron chi connectivity index (χ2n) is 3.98. The van der Waals surface area contributed by atoms with Gasteiger partial charge in [0, 0.05) is 22.7 Å². The molecule has 0 bridgehead atoms. The Balaban J connectivity index is 2.25. The van der Waals surface area contributed by atoms with Crippen LogP contribution < -0.4 is 5.32 Å². The van der Waals surface area contributed by atoms with Gasteiger partial charge in [0.25, 0.3) is 0 Å². The summed E-state index contributed by atoms with van der Waals surface area (Å²) < 4.78 is 5.28. The van der Waals surface area contributed by atoms with E-state index in [2.05, 4.69) is 17.4 Å². The number of hydrogen-bond acceptors (Lipinski definition) is 3. The van der Waals surface area contributed by atoms with E-state index in [9.17, 15) is 0 Å². The van der Waals surface area contributed by atoms with E-state index < -0.39 is 0 Å². The SMILES string of the molecule is CCCNCc1cnoc1-c1ccc(Cl)cc1Cl. The highest BCUT2D eigenvalue weighted by Gasteiger charge is 2.13. The van der Waals surface area contributed by atoms with Crippen LogP contribution in [0.2, 0.25) is 10.0 Å². The molecule has 0 unspecified atom stereocenters. The molecule has 0 fully saturated rings. The van der Waals surface area contributed by atoms with Crippen LogP contribution in [0.5, 0.6) is 0 Å². The monoisotopic (exact) mass is 284 g/mol. The topological polar surface area (TPSA) is 38.1 Å². The fraction of sp³-hybridized carbons (Fsp3) is 0.308. The number of benzene rings is 1. The molecule has 0 aliphatic rings. The minimum absolute atomic E-state index is 0.566. The first kappa shape index (κ1) is 13.4. The minimum atomic E-state index is 0.566. The van der Waals surface area contributed by atoms with Crippen molar-refractivity contribution in [3.63, 3.8) is 0 Å². The lowest BCUT2D eigenvalue weighted by atomic mass is 10.1. The predicted molar refractivity (Wildman–Crippen MR) is 74.0 cm³/mol. The second kappa shape index (κ2) is 6.23. The number of nitrogens with zero attached hydrogens (tertiary/aromatic N) is 1. The van der Waals surface area contributed by atoms with Crippen molar-refractivity contribution in [1.82, 2.24) is 10.5 Å². The average molecular weight is 285 g/mol. The number of nitrogens with one attached hydrogen (secondary N) is 1. The number of aromatic nitrogens is 1. The Bertz CT molecular complexity index is 525. The Morgan fingerprint density at radius 2 is 2.17 bits per heavy atom. The van der Waals surface area contributed by atoms with E-state index in [0.717, 1.165) is 24.1 Å². The van der Waals surface area contributed by atoms with Gasteiger partial charge in [0.1, 0.15) is 0 Å². The van der Waals surface area contributed by atoms with Crippen LogP contribution in [0.25, 0.3) is 11.3 Å². The molecule has 0 amide bonds. The van der Waals surface area contributed by atoms with Crippen LogP contribution >= 0.6 is 23.2 Å². The molecule has 1 aromatic heterocycles. The highest BCUT2D eigenvalue weighted by atomic mass is 35.5. The van der Waals surface area contributed by atoms with Crippen molar-refractivity contribution in [2.45, 2.75) is 19.9 Å². The normalized spacial score (nSPS) is 10.8. The van der Waals surface area contributed by atoms with Crippen molar-refractivity contribution in [3.8, 4) is 11.3 Å². The van der Waals surface area contributed by atoms with Crippen molar-refractivity contribution >= 4 is 23.2 Å². The van der Waals surface area contributed by atoms with Crippen LogP contribution in [0.1, 0.15) is 18.9 Å². The van der Waals surface area contributed by atoms with Crippen LogP contribution in [-0.2, 0) is 6.54 Å². The molecule has 0 spiro atoms. The molecule has 0 aliphatic heterocycles. The quantitative estimate of drug-likeness (QED) is 0.839. The van der Waals surface area contributed by atoms with Crippen molar-refractivity contribution in [3.05, 3.63) is 40.0 Å². The molecular weight excluding hydrogens is 271 g/mol. The summed E-state index contributed by atoms with van der Waals surface area (Å²) in [5.74, 6) is 0.695. The largest absolute Gasteiger partial charge is 0.356 e. The van der Waals surface area contributed by atoms with Gasteiger partial charge in [-0.25, -0.2) is 0 Å². The Kier molecular flexibility index (Phi) is 4.64. The maximum absolute atomic E-state index is 6.16. The molecule has 0 saturated carbocycles. The summed E-state index contributed by atoms with van der Waals surface area (Å²) in [7, 11) is 0. The van der Waals surface area contributed by atoms with Crippen LogP contribution in [-0.4, -0.2) is 11.7 Å². The molecule has 0 radical (unpaired) electrons. The van der Waals surface area contributed by atoms with E-state index in [1.165, 1.54) is 0 Å². The lowest BCUT2D eigenvalue weighted by Gasteiger charge is -2.05. The lowest BCUT2D eigenvalue weighted by molar-refractivity contribution is 0.431. The first-order valence-electron chi connectivity index (χ1n) is 5.82. The molecule has 18 heavy (non-hydrogen) atoms. The Morgan fingerprint density at radius 1 is 1.33 bits per heavy atom. The zero-order valence-corrected chi connectivity index (χ0v) is 11.6. The molecule has 5 heteroatoms. The number of hydrogen-bond donors (Lipinski definition) is 1. The average Bonchev–Trinajstić information content (AvgIpc) is 2.78. The zero-order valence-electron chi connectivity index (χ0n) is 10.0. The van der Waals surface area contributed by atoms with E-state index in [1.54, 1.807) is 18.3 Å². The summed E-state index contributed by atoms with van der Waals surface area (Å²) in [4.78, 5) is 0. The van der Waals surface area contributed by atoms with Gasteiger partial charge >= 0.3 is 0 Å². The van der Waals surface area contributed by atoms with Crippen LogP contribution in [0, 0.1) is 0 Å². The predicted octanol–water partition coefficient (Wildman–Crippen LogP) is 4.15. The second-order valence-corrected chi connectivity index (χ2v) is 4.82. The molecule has 0 aliphatic carbocycles. The van der Waals surface area contributed by atoms with Gasteiger partial charge in [-0.3, -0.25) is 0 Å². The van der Waals surface area contributed by atoms with Crippen LogP contribution in [0.4, 0.5) is 0 Å². The molecule has 2 rings (SSSR count). The first-order chi connectivity index (χ1) is 8.72. The van der Waals surface area contributed by atoms with E-state index in [0.29, 0.717) is 22.4 Å². The first-order valence-corrected chi connectivity index (χ1v) is 6.57. The summed E-state index contributed by atoms with van der Waals surface area (Å²) >= 11 is 12.0. The van der Waals surface area contributed by atoms with Gasteiger partial charge in [0.2, 0.25) is 0 Å². The van der Waals surface area contributed by atoms with Gasteiger partial charge in [-0.05, 0) is 31.2 Å². The van der Waals surface area contributed by atoms with Crippen LogP contribution in [0.15, 0.2) is 28.9 Å². The Hall–Kier alpha value is -1.03. The summed E-state index contributed by atoms with van der Waals surface area (Å²) in [5, 5.41) is 8.31. The van der Waals surface area contributed by atoms with Gasteiger partial charge in [-0.2, -0.15) is 0 Å². The molecule has 0 saturated heterocycles. The van der Waals surface area contributed by atoms with Gasteiger partial charge in [-0.1, -0.05) is 35.3 Å². The van der Waals surface area contributed by atoms with E-state index in [4.69, 9.17) is 27.7 Å². The number of halogens is 2. The van der Waals surface area contributed by atoms with Crippen LogP contribution in [0.3, 0.4) is 0 Å². The maximum atomic E-state index is 6.16. The summed E-state index contributed by atoms with van der Waals surface area (Å²) in [5.41, 5.74) is 1.81. The van der Waals surface area contributed by atoms with E-state index in [1.807, 2.05) is 6.07 Å². The zero-order chi connectivity index (χ0) is 13.0. The molecule has 96 valence electrons. The van der Waals surface area contributed by atoms with Crippen molar-refractivity contribution in [2.24, 2.45) is 0 Å².